The molecule has 3 rings (SSSR count). The molecule has 0 unspecified atom stereocenters. The number of aliphatic hydroxyl groups is 2. The monoisotopic (exact) mass is 342 g/mol. The second-order valence-electron chi connectivity index (χ2n) is 6.26. The van der Waals surface area contributed by atoms with Crippen LogP contribution in [-0.4, -0.2) is 53.6 Å². The van der Waals surface area contributed by atoms with Gasteiger partial charge < -0.3 is 25.2 Å². The molecule has 1 heterocycles. The van der Waals surface area contributed by atoms with Crippen molar-refractivity contribution in [3.8, 4) is 16.9 Å². The van der Waals surface area contributed by atoms with E-state index in [1.807, 2.05) is 48.5 Å². The van der Waals surface area contributed by atoms with E-state index in [2.05, 4.69) is 5.32 Å². The topological polar surface area (TPSA) is 82.0 Å². The number of β-amino-alcohol motifs (C(OH)–C–C–N with tert-alkyl or cyclic N) is 1. The molecule has 2 aromatic carbocycles. The zero-order valence-electron chi connectivity index (χ0n) is 14.1. The Hall–Kier alpha value is -2.57. The van der Waals surface area contributed by atoms with Crippen LogP contribution < -0.4 is 10.1 Å². The Morgan fingerprint density at radius 2 is 2.08 bits per heavy atom. The number of para-hydroxylation sites is 1. The van der Waals surface area contributed by atoms with Crippen molar-refractivity contribution in [3.63, 3.8) is 0 Å². The van der Waals surface area contributed by atoms with Gasteiger partial charge in [-0.2, -0.15) is 0 Å². The fraction of sp³-hybridized carbons (Fsp3) is 0.316. The largest absolute Gasteiger partial charge is 0.497 e. The number of likely N-dealkylation sites (tertiary alicyclic amines) is 1. The predicted octanol–water partition coefficient (Wildman–Crippen LogP) is 2.32. The SMILES string of the molecule is COc1cccc(-c2ccccc2NC(=O)N2CC[C@@](O)(CO)C2)c1. The molecule has 0 saturated carbocycles. The molecule has 1 aliphatic heterocycles. The summed E-state index contributed by atoms with van der Waals surface area (Å²) in [5.41, 5.74) is 1.29. The van der Waals surface area contributed by atoms with Crippen LogP contribution in [0.1, 0.15) is 6.42 Å². The molecule has 1 atom stereocenters. The van der Waals surface area contributed by atoms with Crippen LogP contribution >= 0.6 is 0 Å². The smallest absolute Gasteiger partial charge is 0.321 e. The number of amides is 2. The first-order valence-corrected chi connectivity index (χ1v) is 8.17. The van der Waals surface area contributed by atoms with Crippen molar-refractivity contribution >= 4 is 11.7 Å². The molecule has 0 spiro atoms. The van der Waals surface area contributed by atoms with Crippen molar-refractivity contribution < 1.29 is 19.7 Å². The molecule has 2 aromatic rings. The van der Waals surface area contributed by atoms with Crippen LogP contribution in [0.25, 0.3) is 11.1 Å². The van der Waals surface area contributed by atoms with Gasteiger partial charge in [-0.25, -0.2) is 4.79 Å². The number of urea groups is 1. The fourth-order valence-corrected chi connectivity index (χ4v) is 2.99. The lowest BCUT2D eigenvalue weighted by molar-refractivity contribution is -0.00246. The van der Waals surface area contributed by atoms with Gasteiger partial charge in [-0.15, -0.1) is 0 Å². The summed E-state index contributed by atoms with van der Waals surface area (Å²) in [5, 5.41) is 22.2. The minimum atomic E-state index is -1.20. The van der Waals surface area contributed by atoms with E-state index in [1.165, 1.54) is 4.90 Å². The molecular formula is C19H22N2O4. The van der Waals surface area contributed by atoms with Gasteiger partial charge >= 0.3 is 6.03 Å². The molecule has 2 amide bonds. The quantitative estimate of drug-likeness (QED) is 0.796. The summed E-state index contributed by atoms with van der Waals surface area (Å²) in [6, 6.07) is 14.9. The highest BCUT2D eigenvalue weighted by Crippen LogP contribution is 2.31. The average molecular weight is 342 g/mol. The summed E-state index contributed by atoms with van der Waals surface area (Å²) in [4.78, 5) is 14.0. The lowest BCUT2D eigenvalue weighted by Crippen LogP contribution is -2.40. The minimum Gasteiger partial charge on any atom is -0.497 e. The molecule has 6 nitrogen and oxygen atoms in total. The van der Waals surface area contributed by atoms with Crippen LogP contribution in [0.15, 0.2) is 48.5 Å². The first-order valence-electron chi connectivity index (χ1n) is 8.17. The highest BCUT2D eigenvalue weighted by Gasteiger charge is 2.37. The van der Waals surface area contributed by atoms with Crippen LogP contribution in [0.5, 0.6) is 5.75 Å². The number of nitrogens with one attached hydrogen (secondary N) is 1. The van der Waals surface area contributed by atoms with Crippen molar-refractivity contribution in [1.29, 1.82) is 0 Å². The van der Waals surface area contributed by atoms with Crippen LogP contribution in [0.4, 0.5) is 10.5 Å². The molecule has 25 heavy (non-hydrogen) atoms. The van der Waals surface area contributed by atoms with Gasteiger partial charge in [-0.05, 0) is 30.2 Å². The summed E-state index contributed by atoms with van der Waals surface area (Å²) in [7, 11) is 1.61. The average Bonchev–Trinajstić information content (AvgIpc) is 3.05. The van der Waals surface area contributed by atoms with Gasteiger partial charge in [0.2, 0.25) is 0 Å². The maximum atomic E-state index is 12.5. The Balaban J connectivity index is 1.81. The third-order valence-corrected chi connectivity index (χ3v) is 4.46. The Bertz CT molecular complexity index is 765. The van der Waals surface area contributed by atoms with E-state index in [0.717, 1.165) is 16.9 Å². The molecule has 0 aliphatic carbocycles. The Kier molecular flexibility index (Phi) is 4.92. The molecule has 1 fully saturated rings. The number of carbonyl (C=O) groups excluding carboxylic acids is 1. The number of rotatable bonds is 4. The Labute approximate surface area is 146 Å². The highest BCUT2D eigenvalue weighted by atomic mass is 16.5. The number of hydrogen-bond donors (Lipinski definition) is 3. The maximum Gasteiger partial charge on any atom is 0.321 e. The predicted molar refractivity (Wildman–Crippen MR) is 95.7 cm³/mol. The van der Waals surface area contributed by atoms with Gasteiger partial charge in [0.05, 0.1) is 25.9 Å². The van der Waals surface area contributed by atoms with Crippen molar-refractivity contribution in [2.24, 2.45) is 0 Å². The van der Waals surface area contributed by atoms with Crippen molar-refractivity contribution in [1.82, 2.24) is 4.90 Å². The number of nitrogens with zero attached hydrogens (tertiary/aromatic N) is 1. The summed E-state index contributed by atoms with van der Waals surface area (Å²) in [6.45, 7) is 0.179. The molecule has 6 heteroatoms. The normalized spacial score (nSPS) is 19.7. The van der Waals surface area contributed by atoms with Crippen LogP contribution in [0.3, 0.4) is 0 Å². The first-order chi connectivity index (χ1) is 12.0. The number of hydrogen-bond acceptors (Lipinski definition) is 4. The van der Waals surface area contributed by atoms with Crippen molar-refractivity contribution in [3.05, 3.63) is 48.5 Å². The van der Waals surface area contributed by atoms with Gasteiger partial charge in [-0.3, -0.25) is 0 Å². The summed E-state index contributed by atoms with van der Waals surface area (Å²) < 4.78 is 5.27. The summed E-state index contributed by atoms with van der Waals surface area (Å²) >= 11 is 0. The van der Waals surface area contributed by atoms with E-state index >= 15 is 0 Å². The van der Waals surface area contributed by atoms with Gasteiger partial charge in [0.1, 0.15) is 11.4 Å². The second kappa shape index (κ2) is 7.13. The standard InChI is InChI=1S/C19H22N2O4/c1-25-15-6-4-5-14(11-15)16-7-2-3-8-17(16)20-18(23)21-10-9-19(24,12-21)13-22/h2-8,11,22,24H,9-10,12-13H2,1H3,(H,20,23)/t19-/m0/s1. The summed E-state index contributed by atoms with van der Waals surface area (Å²) in [6.07, 6.45) is 0.369. The zero-order chi connectivity index (χ0) is 17.9. The number of carbonyl (C=O) groups is 1. The lowest BCUT2D eigenvalue weighted by atomic mass is 10.0. The van der Waals surface area contributed by atoms with Gasteiger partial charge in [0, 0.05) is 12.1 Å². The molecule has 3 N–H and O–H groups in total. The van der Waals surface area contributed by atoms with E-state index in [9.17, 15) is 15.0 Å². The molecule has 1 aliphatic rings. The molecule has 0 aromatic heterocycles. The number of anilines is 1. The van der Waals surface area contributed by atoms with E-state index in [1.54, 1.807) is 7.11 Å². The van der Waals surface area contributed by atoms with Crippen molar-refractivity contribution in [2.75, 3.05) is 32.1 Å². The zero-order valence-corrected chi connectivity index (χ0v) is 14.1. The maximum absolute atomic E-state index is 12.5. The lowest BCUT2D eigenvalue weighted by Gasteiger charge is -2.22. The summed E-state index contributed by atoms with van der Waals surface area (Å²) in [5.74, 6) is 0.742. The number of ether oxygens (including phenoxy) is 1. The molecule has 0 bridgehead atoms. The minimum absolute atomic E-state index is 0.122. The fourth-order valence-electron chi connectivity index (χ4n) is 2.99. The third-order valence-electron chi connectivity index (χ3n) is 4.46. The number of benzene rings is 2. The third kappa shape index (κ3) is 3.75. The van der Waals surface area contributed by atoms with Crippen LogP contribution in [-0.2, 0) is 0 Å². The van der Waals surface area contributed by atoms with E-state index < -0.39 is 5.60 Å². The Morgan fingerprint density at radius 1 is 1.28 bits per heavy atom. The van der Waals surface area contributed by atoms with Gasteiger partial charge in [-0.1, -0.05) is 30.3 Å². The highest BCUT2D eigenvalue weighted by molar-refractivity contribution is 5.94. The van der Waals surface area contributed by atoms with Crippen LogP contribution in [0, 0.1) is 0 Å². The van der Waals surface area contributed by atoms with E-state index in [4.69, 9.17) is 4.74 Å². The number of methoxy groups -OCH3 is 1. The Morgan fingerprint density at radius 3 is 2.80 bits per heavy atom. The van der Waals surface area contributed by atoms with Crippen LogP contribution in [0.2, 0.25) is 0 Å². The first kappa shape index (κ1) is 17.3. The molecule has 132 valence electrons. The van der Waals surface area contributed by atoms with E-state index in [0.29, 0.717) is 18.7 Å². The number of aliphatic hydroxyl groups excluding tert-OH is 1. The van der Waals surface area contributed by atoms with Gasteiger partial charge in [0.25, 0.3) is 0 Å². The molecule has 1 saturated heterocycles. The molecule has 0 radical (unpaired) electrons. The van der Waals surface area contributed by atoms with E-state index in [-0.39, 0.29) is 19.2 Å². The second-order valence-corrected chi connectivity index (χ2v) is 6.26. The van der Waals surface area contributed by atoms with Gasteiger partial charge in [0.15, 0.2) is 0 Å². The molecular weight excluding hydrogens is 320 g/mol. The van der Waals surface area contributed by atoms with Crippen molar-refractivity contribution in [2.45, 2.75) is 12.0 Å².